The molecule has 0 N–H and O–H groups in total. The highest BCUT2D eigenvalue weighted by Gasteiger charge is 1.94. The second-order valence-corrected chi connectivity index (χ2v) is 3.22. The van der Waals surface area contributed by atoms with E-state index in [1.54, 1.807) is 0 Å². The van der Waals surface area contributed by atoms with Gasteiger partial charge in [0.15, 0.2) is 0 Å². The number of carbonyl (C=O) groups excluding carboxylic acids is 2. The number of methoxy groups -OCH3 is 1. The van der Waals surface area contributed by atoms with Crippen LogP contribution in [0.1, 0.15) is 34.1 Å². The Hall–Kier alpha value is -1.06. The van der Waals surface area contributed by atoms with Crippen molar-refractivity contribution < 1.29 is 19.1 Å². The first-order chi connectivity index (χ1) is 6.40. The van der Waals surface area contributed by atoms with Crippen LogP contribution in [0.25, 0.3) is 0 Å². The van der Waals surface area contributed by atoms with Gasteiger partial charge >= 0.3 is 11.9 Å². The van der Waals surface area contributed by atoms with E-state index in [1.807, 2.05) is 0 Å². The summed E-state index contributed by atoms with van der Waals surface area (Å²) in [6.07, 6.45) is 0.958. The van der Waals surface area contributed by atoms with Crippen molar-refractivity contribution in [2.45, 2.75) is 34.1 Å². The van der Waals surface area contributed by atoms with Gasteiger partial charge in [0, 0.05) is 13.8 Å². The number of hydrogen-bond donors (Lipinski definition) is 0. The molecule has 84 valence electrons. The van der Waals surface area contributed by atoms with Gasteiger partial charge in [-0.05, 0) is 12.3 Å². The van der Waals surface area contributed by atoms with E-state index in [4.69, 9.17) is 4.74 Å². The lowest BCUT2D eigenvalue weighted by atomic mass is 10.1. The first-order valence-electron chi connectivity index (χ1n) is 4.58. The van der Waals surface area contributed by atoms with Crippen LogP contribution < -0.4 is 0 Å². The molecule has 4 nitrogen and oxygen atoms in total. The summed E-state index contributed by atoms with van der Waals surface area (Å²) in [6.45, 7) is 7.56. The molecule has 0 radical (unpaired) electrons. The summed E-state index contributed by atoms with van der Waals surface area (Å²) in [5, 5.41) is 0. The molecule has 0 amide bonds. The van der Waals surface area contributed by atoms with Crippen LogP contribution in [0, 0.1) is 5.92 Å². The topological polar surface area (TPSA) is 52.6 Å². The number of carbonyl (C=O) groups is 2. The molecule has 0 aliphatic carbocycles. The molecule has 0 saturated carbocycles. The molecule has 0 bridgehead atoms. The van der Waals surface area contributed by atoms with Crippen LogP contribution in [0.2, 0.25) is 0 Å². The van der Waals surface area contributed by atoms with E-state index >= 15 is 0 Å². The van der Waals surface area contributed by atoms with Crippen LogP contribution in [-0.2, 0) is 19.1 Å². The van der Waals surface area contributed by atoms with E-state index in [9.17, 15) is 9.59 Å². The lowest BCUT2D eigenvalue weighted by Crippen LogP contribution is -2.02. The van der Waals surface area contributed by atoms with Crippen molar-refractivity contribution in [1.82, 2.24) is 0 Å². The Bertz CT molecular complexity index is 164. The first-order valence-corrected chi connectivity index (χ1v) is 4.58. The number of esters is 2. The van der Waals surface area contributed by atoms with Gasteiger partial charge < -0.3 is 9.47 Å². The fourth-order valence-electron chi connectivity index (χ4n) is 0.438. The molecule has 14 heavy (non-hydrogen) atoms. The fourth-order valence-corrected chi connectivity index (χ4v) is 0.438. The Labute approximate surface area is 85.6 Å². The monoisotopic (exact) mass is 204 g/mol. The Morgan fingerprint density at radius 3 is 1.79 bits per heavy atom. The van der Waals surface area contributed by atoms with Crippen molar-refractivity contribution >= 4 is 11.9 Å². The van der Waals surface area contributed by atoms with Gasteiger partial charge in [-0.15, -0.1) is 0 Å². The molecule has 0 unspecified atom stereocenters. The van der Waals surface area contributed by atoms with Gasteiger partial charge in [0.1, 0.15) is 0 Å². The lowest BCUT2D eigenvalue weighted by molar-refractivity contribution is -0.141. The molecular weight excluding hydrogens is 184 g/mol. The molecule has 0 rings (SSSR count). The molecule has 0 aromatic carbocycles. The summed E-state index contributed by atoms with van der Waals surface area (Å²) in [6, 6.07) is 0. The normalized spacial score (nSPS) is 8.71. The number of rotatable bonds is 3. The summed E-state index contributed by atoms with van der Waals surface area (Å²) in [4.78, 5) is 19.8. The molecule has 0 aromatic heterocycles. The molecule has 0 heterocycles. The van der Waals surface area contributed by atoms with Crippen LogP contribution in [0.3, 0.4) is 0 Å². The van der Waals surface area contributed by atoms with E-state index in [2.05, 4.69) is 18.6 Å². The lowest BCUT2D eigenvalue weighted by Gasteiger charge is -2.02. The third-order valence-electron chi connectivity index (χ3n) is 1.29. The van der Waals surface area contributed by atoms with Crippen molar-refractivity contribution in [2.24, 2.45) is 5.92 Å². The maximum atomic E-state index is 10.2. The van der Waals surface area contributed by atoms with Gasteiger partial charge in [-0.25, -0.2) is 0 Å². The number of hydrogen-bond acceptors (Lipinski definition) is 4. The Morgan fingerprint density at radius 1 is 1.14 bits per heavy atom. The highest BCUT2D eigenvalue weighted by atomic mass is 16.5. The minimum atomic E-state index is -0.245. The quantitative estimate of drug-likeness (QED) is 0.657. The third kappa shape index (κ3) is 22.4. The van der Waals surface area contributed by atoms with E-state index < -0.39 is 0 Å². The largest absolute Gasteiger partial charge is 0.469 e. The first kappa shape index (κ1) is 15.4. The van der Waals surface area contributed by atoms with Gasteiger partial charge in [0.25, 0.3) is 0 Å². The van der Waals surface area contributed by atoms with Crippen molar-refractivity contribution in [3.8, 4) is 0 Å². The standard InChI is InChI=1S/C7H14O2.C3H6O2/c1-6(2)4-5-9-7(3)8;1-3(4)5-2/h6H,4-5H2,1-3H3;1-2H3. The molecular formula is C10H20O4. The smallest absolute Gasteiger partial charge is 0.302 e. The Kier molecular flexibility index (Phi) is 11.0. The second kappa shape index (κ2) is 10.0. The minimum Gasteiger partial charge on any atom is -0.469 e. The summed E-state index contributed by atoms with van der Waals surface area (Å²) >= 11 is 0. The van der Waals surface area contributed by atoms with Gasteiger partial charge in [-0.1, -0.05) is 13.8 Å². The van der Waals surface area contributed by atoms with Crippen LogP contribution in [0.4, 0.5) is 0 Å². The molecule has 0 aliphatic heterocycles. The molecule has 0 atom stereocenters. The van der Waals surface area contributed by atoms with E-state index in [1.165, 1.54) is 21.0 Å². The predicted molar refractivity (Wildman–Crippen MR) is 53.8 cm³/mol. The third-order valence-corrected chi connectivity index (χ3v) is 1.29. The molecule has 0 spiro atoms. The van der Waals surface area contributed by atoms with Crippen LogP contribution >= 0.6 is 0 Å². The molecule has 0 fully saturated rings. The van der Waals surface area contributed by atoms with Crippen LogP contribution in [0.15, 0.2) is 0 Å². The van der Waals surface area contributed by atoms with Gasteiger partial charge in [0.2, 0.25) is 0 Å². The summed E-state index contributed by atoms with van der Waals surface area (Å²) in [5.74, 6) is 0.185. The number of ether oxygens (including phenoxy) is 2. The zero-order valence-corrected chi connectivity index (χ0v) is 9.62. The molecule has 0 aliphatic rings. The summed E-state index contributed by atoms with van der Waals surface area (Å²) < 4.78 is 8.82. The SMILES string of the molecule is CC(=O)OCCC(C)C.COC(C)=O. The zero-order valence-electron chi connectivity index (χ0n) is 9.62. The van der Waals surface area contributed by atoms with E-state index in [0.717, 1.165) is 6.42 Å². The summed E-state index contributed by atoms with van der Waals surface area (Å²) in [5.41, 5.74) is 0. The van der Waals surface area contributed by atoms with Gasteiger partial charge in [-0.2, -0.15) is 0 Å². The molecule has 0 aromatic rings. The molecule has 0 saturated heterocycles. The maximum Gasteiger partial charge on any atom is 0.302 e. The van der Waals surface area contributed by atoms with E-state index in [0.29, 0.717) is 12.5 Å². The zero-order chi connectivity index (χ0) is 11.6. The highest BCUT2D eigenvalue weighted by Crippen LogP contribution is 1.98. The second-order valence-electron chi connectivity index (χ2n) is 3.22. The van der Waals surface area contributed by atoms with Gasteiger partial charge in [-0.3, -0.25) is 9.59 Å². The van der Waals surface area contributed by atoms with Crippen molar-refractivity contribution in [2.75, 3.05) is 13.7 Å². The van der Waals surface area contributed by atoms with Gasteiger partial charge in [0.05, 0.1) is 13.7 Å². The highest BCUT2D eigenvalue weighted by molar-refractivity contribution is 5.65. The Morgan fingerprint density at radius 2 is 1.57 bits per heavy atom. The minimum absolute atomic E-state index is 0.185. The molecule has 4 heteroatoms. The van der Waals surface area contributed by atoms with Crippen molar-refractivity contribution in [3.63, 3.8) is 0 Å². The Balaban J connectivity index is 0. The van der Waals surface area contributed by atoms with Crippen LogP contribution in [0.5, 0.6) is 0 Å². The average molecular weight is 204 g/mol. The predicted octanol–water partition coefficient (Wildman–Crippen LogP) is 1.77. The van der Waals surface area contributed by atoms with Crippen molar-refractivity contribution in [1.29, 1.82) is 0 Å². The average Bonchev–Trinajstić information content (AvgIpc) is 2.04. The summed E-state index contributed by atoms with van der Waals surface area (Å²) in [7, 11) is 1.35. The van der Waals surface area contributed by atoms with Crippen LogP contribution in [-0.4, -0.2) is 25.7 Å². The van der Waals surface area contributed by atoms with Crippen molar-refractivity contribution in [3.05, 3.63) is 0 Å². The maximum absolute atomic E-state index is 10.2. The fraction of sp³-hybridized carbons (Fsp3) is 0.800. The van der Waals surface area contributed by atoms with E-state index in [-0.39, 0.29) is 11.9 Å².